The van der Waals surface area contributed by atoms with E-state index in [-0.39, 0.29) is 11.4 Å². The third kappa shape index (κ3) is 1.18. The highest BCUT2D eigenvalue weighted by Crippen LogP contribution is 2.68. The fourth-order valence-electron chi connectivity index (χ4n) is 3.49. The predicted octanol–water partition coefficient (Wildman–Crippen LogP) is 2.22. The van der Waals surface area contributed by atoms with Crippen LogP contribution in [0.1, 0.15) is 50.1 Å². The van der Waals surface area contributed by atoms with E-state index < -0.39 is 0 Å². The highest BCUT2D eigenvalue weighted by Gasteiger charge is 2.61. The molecule has 0 aromatic carbocycles. The molecule has 0 radical (unpaired) electrons. The van der Waals surface area contributed by atoms with E-state index in [0.717, 1.165) is 0 Å². The molecule has 2 unspecified atom stereocenters. The maximum absolute atomic E-state index is 5.41. The van der Waals surface area contributed by atoms with Crippen molar-refractivity contribution in [1.82, 2.24) is 4.98 Å². The van der Waals surface area contributed by atoms with Crippen LogP contribution in [0, 0.1) is 5.41 Å². The van der Waals surface area contributed by atoms with Crippen molar-refractivity contribution in [3.63, 3.8) is 0 Å². The van der Waals surface area contributed by atoms with Crippen molar-refractivity contribution in [2.45, 2.75) is 44.9 Å². The Bertz CT molecular complexity index is 513. The summed E-state index contributed by atoms with van der Waals surface area (Å²) < 4.78 is 0. The van der Waals surface area contributed by atoms with Gasteiger partial charge in [0.1, 0.15) is 0 Å². The maximum atomic E-state index is 5.41. The van der Waals surface area contributed by atoms with Gasteiger partial charge in [-0.2, -0.15) is 4.99 Å². The normalized spacial score (nSPS) is 32.5. The first-order valence-electron chi connectivity index (χ1n) is 5.97. The van der Waals surface area contributed by atoms with Crippen LogP contribution >= 0.6 is 11.3 Å². The van der Waals surface area contributed by atoms with Gasteiger partial charge in [0.2, 0.25) is 5.13 Å². The molecular formula is C12H18N4S. The Labute approximate surface area is 105 Å². The summed E-state index contributed by atoms with van der Waals surface area (Å²) in [7, 11) is 0. The summed E-state index contributed by atoms with van der Waals surface area (Å²) >= 11 is 1.66. The molecule has 2 aliphatic rings. The second-order valence-electron chi connectivity index (χ2n) is 5.89. The Kier molecular flexibility index (Phi) is 1.95. The van der Waals surface area contributed by atoms with E-state index in [1.165, 1.54) is 23.4 Å². The van der Waals surface area contributed by atoms with Gasteiger partial charge in [0.05, 0.1) is 5.69 Å². The zero-order chi connectivity index (χ0) is 12.4. The smallest absolute Gasteiger partial charge is 0.212 e. The molecule has 0 spiro atoms. The highest BCUT2D eigenvalue weighted by atomic mass is 32.1. The Balaban J connectivity index is 2.13. The van der Waals surface area contributed by atoms with Gasteiger partial charge < -0.3 is 11.5 Å². The summed E-state index contributed by atoms with van der Waals surface area (Å²) in [6.45, 7) is 7.05. The van der Waals surface area contributed by atoms with Gasteiger partial charge in [0.15, 0.2) is 5.96 Å². The molecule has 0 saturated heterocycles. The summed E-state index contributed by atoms with van der Waals surface area (Å²) in [5, 5.41) is 0.712. The van der Waals surface area contributed by atoms with Crippen LogP contribution in [0.15, 0.2) is 4.99 Å². The lowest BCUT2D eigenvalue weighted by Gasteiger charge is -2.34. The third-order valence-corrected chi connectivity index (χ3v) is 6.00. The molecule has 5 heteroatoms. The summed E-state index contributed by atoms with van der Waals surface area (Å²) in [4.78, 5) is 10.1. The first kappa shape index (κ1) is 11.0. The maximum Gasteiger partial charge on any atom is 0.212 e. The molecule has 2 aliphatic carbocycles. The van der Waals surface area contributed by atoms with Crippen molar-refractivity contribution in [3.8, 4) is 0 Å². The van der Waals surface area contributed by atoms with Gasteiger partial charge in [-0.15, -0.1) is 0 Å². The molecule has 2 bridgehead atoms. The van der Waals surface area contributed by atoms with Gasteiger partial charge in [-0.1, -0.05) is 32.1 Å². The summed E-state index contributed by atoms with van der Waals surface area (Å²) in [6.07, 6.45) is 2.49. The lowest BCUT2D eigenvalue weighted by molar-refractivity contribution is 0.227. The van der Waals surface area contributed by atoms with Crippen LogP contribution < -0.4 is 11.5 Å². The molecule has 1 aromatic rings. The molecule has 92 valence electrons. The quantitative estimate of drug-likeness (QED) is 0.592. The summed E-state index contributed by atoms with van der Waals surface area (Å²) in [6, 6.07) is 0. The molecule has 0 amide bonds. The van der Waals surface area contributed by atoms with Crippen molar-refractivity contribution in [3.05, 3.63) is 10.6 Å². The molecule has 17 heavy (non-hydrogen) atoms. The minimum Gasteiger partial charge on any atom is -0.370 e. The Morgan fingerprint density at radius 2 is 2.12 bits per heavy atom. The van der Waals surface area contributed by atoms with E-state index in [0.29, 0.717) is 16.5 Å². The number of hydrogen-bond acceptors (Lipinski definition) is 3. The molecule has 3 rings (SSSR count). The predicted molar refractivity (Wildman–Crippen MR) is 70.7 cm³/mol. The van der Waals surface area contributed by atoms with Gasteiger partial charge in [-0.05, 0) is 18.3 Å². The summed E-state index contributed by atoms with van der Waals surface area (Å²) in [5.74, 6) is 0.720. The number of aliphatic imine (C=N–C) groups is 1. The summed E-state index contributed by atoms with van der Waals surface area (Å²) in [5.41, 5.74) is 12.6. The van der Waals surface area contributed by atoms with Gasteiger partial charge in [0.25, 0.3) is 0 Å². The zero-order valence-corrected chi connectivity index (χ0v) is 11.3. The van der Waals surface area contributed by atoms with Crippen molar-refractivity contribution in [1.29, 1.82) is 0 Å². The number of nitrogens with two attached hydrogens (primary N) is 2. The first-order valence-corrected chi connectivity index (χ1v) is 6.79. The molecule has 4 N–H and O–H groups in total. The lowest BCUT2D eigenvalue weighted by atomic mass is 9.70. The molecular weight excluding hydrogens is 232 g/mol. The van der Waals surface area contributed by atoms with Gasteiger partial charge in [-0.3, -0.25) is 0 Å². The number of guanidine groups is 1. The van der Waals surface area contributed by atoms with E-state index in [9.17, 15) is 0 Å². The van der Waals surface area contributed by atoms with Crippen molar-refractivity contribution in [2.24, 2.45) is 21.9 Å². The monoisotopic (exact) mass is 250 g/mol. The average molecular weight is 250 g/mol. The van der Waals surface area contributed by atoms with Crippen molar-refractivity contribution >= 4 is 22.4 Å². The van der Waals surface area contributed by atoms with Crippen LogP contribution in [0.3, 0.4) is 0 Å². The number of fused-ring (bicyclic) bond motifs is 5. The Morgan fingerprint density at radius 1 is 1.41 bits per heavy atom. The SMILES string of the molecule is CC12CCC(c3sc(N=C(N)N)nc31)C2(C)C. The standard InChI is InChI=1S/C12H18N4S/c1-11(2)6-4-5-12(11,3)8-7(6)17-10(15-8)16-9(13)14/h6H,4-5H2,1-3H3,(H4,13,14,15,16). The fraction of sp³-hybridized carbons (Fsp3) is 0.667. The van der Waals surface area contributed by atoms with Gasteiger partial charge >= 0.3 is 0 Å². The molecule has 0 aliphatic heterocycles. The number of hydrogen-bond donors (Lipinski definition) is 2. The van der Waals surface area contributed by atoms with Crippen LogP contribution in [-0.2, 0) is 5.41 Å². The first-order chi connectivity index (χ1) is 7.86. The second-order valence-corrected chi connectivity index (χ2v) is 6.90. The molecule has 4 nitrogen and oxygen atoms in total. The fourth-order valence-corrected chi connectivity index (χ4v) is 4.90. The Morgan fingerprint density at radius 3 is 2.71 bits per heavy atom. The van der Waals surface area contributed by atoms with Crippen LogP contribution in [0.5, 0.6) is 0 Å². The molecule has 1 heterocycles. The minimum absolute atomic E-state index is 0.0918. The van der Waals surface area contributed by atoms with E-state index in [4.69, 9.17) is 11.5 Å². The minimum atomic E-state index is 0.0918. The van der Waals surface area contributed by atoms with Crippen molar-refractivity contribution < 1.29 is 0 Å². The number of aromatic nitrogens is 1. The van der Waals surface area contributed by atoms with E-state index >= 15 is 0 Å². The second kappa shape index (κ2) is 3.02. The third-order valence-electron chi connectivity index (χ3n) is 4.93. The van der Waals surface area contributed by atoms with Gasteiger partial charge in [0, 0.05) is 16.2 Å². The molecule has 1 fully saturated rings. The Hall–Kier alpha value is -1.10. The van der Waals surface area contributed by atoms with Crippen LogP contribution in [-0.4, -0.2) is 10.9 Å². The lowest BCUT2D eigenvalue weighted by Crippen LogP contribution is -2.31. The molecule has 2 atom stereocenters. The topological polar surface area (TPSA) is 77.3 Å². The zero-order valence-electron chi connectivity index (χ0n) is 10.4. The molecule has 1 aromatic heterocycles. The largest absolute Gasteiger partial charge is 0.370 e. The van der Waals surface area contributed by atoms with E-state index in [1.807, 2.05) is 0 Å². The van der Waals surface area contributed by atoms with Crippen LogP contribution in [0.4, 0.5) is 5.13 Å². The number of rotatable bonds is 1. The number of nitrogens with zero attached hydrogens (tertiary/aromatic N) is 2. The van der Waals surface area contributed by atoms with Gasteiger partial charge in [-0.25, -0.2) is 4.98 Å². The number of thiazole rings is 1. The highest BCUT2D eigenvalue weighted by molar-refractivity contribution is 7.15. The van der Waals surface area contributed by atoms with Crippen molar-refractivity contribution in [2.75, 3.05) is 0 Å². The van der Waals surface area contributed by atoms with E-state index in [1.54, 1.807) is 11.3 Å². The van der Waals surface area contributed by atoms with Crippen LogP contribution in [0.2, 0.25) is 0 Å². The van der Waals surface area contributed by atoms with E-state index in [2.05, 4.69) is 30.7 Å². The molecule has 1 saturated carbocycles. The average Bonchev–Trinajstić information content (AvgIpc) is 2.73. The van der Waals surface area contributed by atoms with Crippen LogP contribution in [0.25, 0.3) is 0 Å².